The van der Waals surface area contributed by atoms with E-state index >= 15 is 0 Å². The van der Waals surface area contributed by atoms with Crippen molar-refractivity contribution in [2.75, 3.05) is 26.2 Å². The first kappa shape index (κ1) is 15.7. The molecule has 0 saturated heterocycles. The molecule has 0 aliphatic heterocycles. The molecular formula is C15H25N3O. The second-order valence-electron chi connectivity index (χ2n) is 4.62. The molecule has 4 heteroatoms. The predicted octanol–water partition coefficient (Wildman–Crippen LogP) is 1.61. The van der Waals surface area contributed by atoms with Crippen LogP contribution in [0.15, 0.2) is 24.3 Å². The molecule has 0 aliphatic rings. The fourth-order valence-corrected chi connectivity index (χ4v) is 2.03. The van der Waals surface area contributed by atoms with Crippen LogP contribution in [0.3, 0.4) is 0 Å². The van der Waals surface area contributed by atoms with Gasteiger partial charge in [-0.2, -0.15) is 0 Å². The molecule has 4 nitrogen and oxygen atoms in total. The maximum Gasteiger partial charge on any atom is 0.248 e. The Bertz CT molecular complexity index is 389. The molecule has 1 aromatic rings. The van der Waals surface area contributed by atoms with Crippen LogP contribution >= 0.6 is 0 Å². The minimum atomic E-state index is -0.372. The zero-order chi connectivity index (χ0) is 14.1. The maximum atomic E-state index is 11.1. The topological polar surface area (TPSA) is 58.4 Å². The van der Waals surface area contributed by atoms with Gasteiger partial charge in [0.05, 0.1) is 0 Å². The van der Waals surface area contributed by atoms with Crippen LogP contribution in [0.4, 0.5) is 0 Å². The molecule has 0 fully saturated rings. The number of nitrogens with zero attached hydrogens (tertiary/aromatic N) is 1. The molecule has 0 unspecified atom stereocenters. The van der Waals surface area contributed by atoms with E-state index in [1.807, 2.05) is 18.2 Å². The highest BCUT2D eigenvalue weighted by molar-refractivity contribution is 5.92. The number of carbonyl (C=O) groups is 1. The third kappa shape index (κ3) is 5.85. The molecule has 1 amide bonds. The Labute approximate surface area is 116 Å². The van der Waals surface area contributed by atoms with E-state index in [-0.39, 0.29) is 5.91 Å². The quantitative estimate of drug-likeness (QED) is 0.665. The lowest BCUT2D eigenvalue weighted by Crippen LogP contribution is -2.27. The third-order valence-corrected chi connectivity index (χ3v) is 3.26. The molecule has 1 aromatic carbocycles. The van der Waals surface area contributed by atoms with Crippen LogP contribution in [-0.2, 0) is 6.54 Å². The number of nitrogens with one attached hydrogen (secondary N) is 1. The van der Waals surface area contributed by atoms with E-state index in [1.165, 1.54) is 0 Å². The molecular weight excluding hydrogens is 238 g/mol. The van der Waals surface area contributed by atoms with Gasteiger partial charge in [-0.3, -0.25) is 4.79 Å². The van der Waals surface area contributed by atoms with Gasteiger partial charge < -0.3 is 16.0 Å². The molecule has 0 bridgehead atoms. The zero-order valence-electron chi connectivity index (χ0n) is 12.0. The summed E-state index contributed by atoms with van der Waals surface area (Å²) in [6.45, 7) is 9.48. The highest BCUT2D eigenvalue weighted by Crippen LogP contribution is 2.04. The monoisotopic (exact) mass is 263 g/mol. The molecule has 0 heterocycles. The third-order valence-electron chi connectivity index (χ3n) is 3.26. The van der Waals surface area contributed by atoms with Crippen molar-refractivity contribution in [3.05, 3.63) is 35.4 Å². The summed E-state index contributed by atoms with van der Waals surface area (Å²) in [5.41, 5.74) is 6.93. The number of nitrogens with two attached hydrogens (primary N) is 1. The summed E-state index contributed by atoms with van der Waals surface area (Å²) in [6.07, 6.45) is 1.14. The largest absolute Gasteiger partial charge is 0.366 e. The summed E-state index contributed by atoms with van der Waals surface area (Å²) in [4.78, 5) is 13.5. The Kier molecular flexibility index (Phi) is 7.15. The Morgan fingerprint density at radius 2 is 2.05 bits per heavy atom. The van der Waals surface area contributed by atoms with Crippen molar-refractivity contribution in [1.29, 1.82) is 0 Å². The Balaban J connectivity index is 2.26. The van der Waals surface area contributed by atoms with E-state index in [1.54, 1.807) is 6.07 Å². The van der Waals surface area contributed by atoms with E-state index < -0.39 is 0 Å². The molecule has 0 aliphatic carbocycles. The minimum absolute atomic E-state index is 0.372. The highest BCUT2D eigenvalue weighted by atomic mass is 16.1. The van der Waals surface area contributed by atoms with Crippen LogP contribution in [0.5, 0.6) is 0 Å². The Morgan fingerprint density at radius 3 is 2.68 bits per heavy atom. The van der Waals surface area contributed by atoms with Gasteiger partial charge in [-0.15, -0.1) is 0 Å². The summed E-state index contributed by atoms with van der Waals surface area (Å²) in [5.74, 6) is -0.372. The van der Waals surface area contributed by atoms with Gasteiger partial charge >= 0.3 is 0 Å². The number of rotatable bonds is 9. The van der Waals surface area contributed by atoms with Crippen molar-refractivity contribution in [2.24, 2.45) is 5.73 Å². The molecule has 1 rings (SSSR count). The fourth-order valence-electron chi connectivity index (χ4n) is 2.03. The Hall–Kier alpha value is -1.39. The van der Waals surface area contributed by atoms with Crippen LogP contribution in [0, 0.1) is 0 Å². The summed E-state index contributed by atoms with van der Waals surface area (Å²) in [6, 6.07) is 7.46. The summed E-state index contributed by atoms with van der Waals surface area (Å²) in [7, 11) is 0. The normalized spacial score (nSPS) is 10.9. The lowest BCUT2D eigenvalue weighted by Gasteiger charge is -2.17. The summed E-state index contributed by atoms with van der Waals surface area (Å²) < 4.78 is 0. The van der Waals surface area contributed by atoms with Crippen molar-refractivity contribution < 1.29 is 4.79 Å². The van der Waals surface area contributed by atoms with Gasteiger partial charge in [0.2, 0.25) is 5.91 Å². The second-order valence-corrected chi connectivity index (χ2v) is 4.62. The fraction of sp³-hybridized carbons (Fsp3) is 0.533. The number of primary amides is 1. The van der Waals surface area contributed by atoms with Crippen molar-refractivity contribution in [2.45, 2.75) is 26.8 Å². The molecule has 0 radical (unpaired) electrons. The number of hydrogen-bond acceptors (Lipinski definition) is 3. The second kappa shape index (κ2) is 8.67. The molecule has 0 saturated carbocycles. The number of hydrogen-bond donors (Lipinski definition) is 2. The smallest absolute Gasteiger partial charge is 0.248 e. The molecule has 0 aromatic heterocycles. The van der Waals surface area contributed by atoms with Crippen molar-refractivity contribution in [1.82, 2.24) is 10.2 Å². The molecule has 106 valence electrons. The number of carbonyl (C=O) groups excluding carboxylic acids is 1. The van der Waals surface area contributed by atoms with E-state index in [0.29, 0.717) is 5.56 Å². The summed E-state index contributed by atoms with van der Waals surface area (Å²) in [5, 5.41) is 3.39. The summed E-state index contributed by atoms with van der Waals surface area (Å²) >= 11 is 0. The molecule has 0 atom stereocenters. The van der Waals surface area contributed by atoms with Crippen molar-refractivity contribution >= 4 is 5.91 Å². The van der Waals surface area contributed by atoms with Crippen molar-refractivity contribution in [3.63, 3.8) is 0 Å². The van der Waals surface area contributed by atoms with Gasteiger partial charge in [-0.05, 0) is 50.3 Å². The molecule has 19 heavy (non-hydrogen) atoms. The zero-order valence-corrected chi connectivity index (χ0v) is 12.0. The minimum Gasteiger partial charge on any atom is -0.366 e. The lowest BCUT2D eigenvalue weighted by atomic mass is 10.1. The molecule has 3 N–H and O–H groups in total. The average molecular weight is 263 g/mol. The van der Waals surface area contributed by atoms with Crippen LogP contribution in [0.1, 0.15) is 36.2 Å². The predicted molar refractivity (Wildman–Crippen MR) is 79.1 cm³/mol. The van der Waals surface area contributed by atoms with Gasteiger partial charge in [0.25, 0.3) is 0 Å². The number of amides is 1. The Morgan fingerprint density at radius 1 is 1.32 bits per heavy atom. The SMILES string of the molecule is CCN(CC)CCCNCc1cccc(C(N)=O)c1. The van der Waals surface area contributed by atoms with Gasteiger partial charge in [0.15, 0.2) is 0 Å². The standard InChI is InChI=1S/C15H25N3O/c1-3-18(4-2)10-6-9-17-12-13-7-5-8-14(11-13)15(16)19/h5,7-8,11,17H,3-4,6,9-10,12H2,1-2H3,(H2,16,19). The van der Waals surface area contributed by atoms with Crippen molar-refractivity contribution in [3.8, 4) is 0 Å². The maximum absolute atomic E-state index is 11.1. The first-order valence-electron chi connectivity index (χ1n) is 6.99. The van der Waals surface area contributed by atoms with Crippen LogP contribution in [0.25, 0.3) is 0 Å². The van der Waals surface area contributed by atoms with Gasteiger partial charge in [-0.1, -0.05) is 26.0 Å². The van der Waals surface area contributed by atoms with E-state index in [0.717, 1.165) is 44.7 Å². The lowest BCUT2D eigenvalue weighted by molar-refractivity contribution is 0.1000. The van der Waals surface area contributed by atoms with E-state index in [9.17, 15) is 4.79 Å². The number of benzene rings is 1. The van der Waals surface area contributed by atoms with E-state index in [4.69, 9.17) is 5.73 Å². The first-order chi connectivity index (χ1) is 9.17. The average Bonchev–Trinajstić information content (AvgIpc) is 2.43. The van der Waals surface area contributed by atoms with Crippen LogP contribution in [-0.4, -0.2) is 37.0 Å². The van der Waals surface area contributed by atoms with E-state index in [2.05, 4.69) is 24.1 Å². The van der Waals surface area contributed by atoms with Gasteiger partial charge in [0, 0.05) is 12.1 Å². The van der Waals surface area contributed by atoms with Gasteiger partial charge in [0.1, 0.15) is 0 Å². The first-order valence-corrected chi connectivity index (χ1v) is 6.99. The van der Waals surface area contributed by atoms with Crippen LogP contribution in [0.2, 0.25) is 0 Å². The molecule has 0 spiro atoms. The highest BCUT2D eigenvalue weighted by Gasteiger charge is 2.01. The van der Waals surface area contributed by atoms with Gasteiger partial charge in [-0.25, -0.2) is 0 Å². The van der Waals surface area contributed by atoms with Crippen LogP contribution < -0.4 is 11.1 Å².